The highest BCUT2D eigenvalue weighted by Gasteiger charge is 2.18. The van der Waals surface area contributed by atoms with Gasteiger partial charge < -0.3 is 9.73 Å². The zero-order valence-corrected chi connectivity index (χ0v) is 13.6. The van der Waals surface area contributed by atoms with Gasteiger partial charge in [0.2, 0.25) is 5.91 Å². The van der Waals surface area contributed by atoms with Crippen LogP contribution >= 0.6 is 23.4 Å². The van der Waals surface area contributed by atoms with Crippen molar-refractivity contribution in [3.63, 3.8) is 0 Å². The summed E-state index contributed by atoms with van der Waals surface area (Å²) in [4.78, 5) is 12.3. The monoisotopic (exact) mass is 323 g/mol. The molecule has 0 radical (unpaired) electrons. The Morgan fingerprint density at radius 3 is 2.86 bits per heavy atom. The summed E-state index contributed by atoms with van der Waals surface area (Å²) in [7, 11) is 0. The minimum Gasteiger partial charge on any atom is -0.468 e. The van der Waals surface area contributed by atoms with Crippen LogP contribution < -0.4 is 5.32 Å². The first kappa shape index (κ1) is 16.0. The maximum atomic E-state index is 12.3. The van der Waals surface area contributed by atoms with E-state index in [-0.39, 0.29) is 11.2 Å². The van der Waals surface area contributed by atoms with Crippen molar-refractivity contribution < 1.29 is 9.21 Å². The van der Waals surface area contributed by atoms with Crippen LogP contribution in [-0.2, 0) is 10.5 Å². The van der Waals surface area contributed by atoms with Crippen molar-refractivity contribution in [2.45, 2.75) is 31.3 Å². The third-order valence-corrected chi connectivity index (χ3v) is 4.92. The first-order valence-electron chi connectivity index (χ1n) is 6.81. The van der Waals surface area contributed by atoms with Crippen molar-refractivity contribution in [1.29, 1.82) is 0 Å². The van der Waals surface area contributed by atoms with Gasteiger partial charge in [0.25, 0.3) is 0 Å². The Kier molecular flexibility index (Phi) is 5.76. The van der Waals surface area contributed by atoms with Crippen molar-refractivity contribution in [2.75, 3.05) is 5.32 Å². The SMILES string of the molecule is CCC(SCc1ccco1)C(=O)Nc1ccc(C)c(Cl)c1. The number of thioether (sulfide) groups is 1. The summed E-state index contributed by atoms with van der Waals surface area (Å²) >= 11 is 7.65. The van der Waals surface area contributed by atoms with Gasteiger partial charge in [-0.05, 0) is 43.2 Å². The van der Waals surface area contributed by atoms with Crippen molar-refractivity contribution in [2.24, 2.45) is 0 Å². The highest BCUT2D eigenvalue weighted by atomic mass is 35.5. The van der Waals surface area contributed by atoms with Crippen LogP contribution in [0, 0.1) is 6.92 Å². The number of amides is 1. The average Bonchev–Trinajstić information content (AvgIpc) is 2.97. The van der Waals surface area contributed by atoms with Crippen LogP contribution in [-0.4, -0.2) is 11.2 Å². The highest BCUT2D eigenvalue weighted by Crippen LogP contribution is 2.24. The first-order valence-corrected chi connectivity index (χ1v) is 8.23. The fourth-order valence-corrected chi connectivity index (χ4v) is 3.01. The van der Waals surface area contributed by atoms with Crippen LogP contribution in [0.3, 0.4) is 0 Å². The van der Waals surface area contributed by atoms with Crippen molar-refractivity contribution in [3.05, 3.63) is 52.9 Å². The molecule has 0 saturated heterocycles. The van der Waals surface area contributed by atoms with Gasteiger partial charge in [0.15, 0.2) is 0 Å². The maximum Gasteiger partial charge on any atom is 0.237 e. The van der Waals surface area contributed by atoms with E-state index in [0.717, 1.165) is 23.4 Å². The molecular weight excluding hydrogens is 306 g/mol. The number of anilines is 1. The summed E-state index contributed by atoms with van der Waals surface area (Å²) in [5.41, 5.74) is 1.72. The number of furan rings is 1. The van der Waals surface area contributed by atoms with Crippen LogP contribution in [0.2, 0.25) is 5.02 Å². The lowest BCUT2D eigenvalue weighted by atomic mass is 10.2. The summed E-state index contributed by atoms with van der Waals surface area (Å²) in [6.07, 6.45) is 2.40. The molecule has 1 aromatic carbocycles. The summed E-state index contributed by atoms with van der Waals surface area (Å²) < 4.78 is 5.29. The maximum absolute atomic E-state index is 12.3. The van der Waals surface area contributed by atoms with E-state index in [1.165, 1.54) is 0 Å². The summed E-state index contributed by atoms with van der Waals surface area (Å²) in [5, 5.41) is 3.46. The van der Waals surface area contributed by atoms with Gasteiger partial charge in [-0.3, -0.25) is 4.79 Å². The summed E-state index contributed by atoms with van der Waals surface area (Å²) in [6, 6.07) is 9.30. The molecule has 0 spiro atoms. The third-order valence-electron chi connectivity index (χ3n) is 3.11. The Bertz CT molecular complexity index is 598. The van der Waals surface area contributed by atoms with Gasteiger partial charge in [-0.2, -0.15) is 0 Å². The number of hydrogen-bond donors (Lipinski definition) is 1. The molecule has 1 heterocycles. The van der Waals surface area contributed by atoms with E-state index in [9.17, 15) is 4.79 Å². The number of halogens is 1. The van der Waals surface area contributed by atoms with Crippen molar-refractivity contribution >= 4 is 35.0 Å². The molecule has 1 aromatic heterocycles. The number of rotatable bonds is 6. The van der Waals surface area contributed by atoms with E-state index >= 15 is 0 Å². The Morgan fingerprint density at radius 1 is 1.43 bits per heavy atom. The Morgan fingerprint density at radius 2 is 2.24 bits per heavy atom. The van der Waals surface area contributed by atoms with E-state index in [1.807, 2.05) is 38.1 Å². The predicted molar refractivity (Wildman–Crippen MR) is 88.9 cm³/mol. The summed E-state index contributed by atoms with van der Waals surface area (Å²) in [6.45, 7) is 3.93. The minimum atomic E-state index is -0.116. The van der Waals surface area contributed by atoms with Crippen molar-refractivity contribution in [3.8, 4) is 0 Å². The van der Waals surface area contributed by atoms with E-state index in [4.69, 9.17) is 16.0 Å². The molecule has 0 saturated carbocycles. The second kappa shape index (κ2) is 7.57. The molecule has 5 heteroatoms. The van der Waals surface area contributed by atoms with Gasteiger partial charge >= 0.3 is 0 Å². The number of benzene rings is 1. The Labute approximate surface area is 134 Å². The lowest BCUT2D eigenvalue weighted by Crippen LogP contribution is -2.24. The Balaban J connectivity index is 1.94. The quantitative estimate of drug-likeness (QED) is 0.822. The van der Waals surface area contributed by atoms with Crippen LogP contribution in [0.15, 0.2) is 41.0 Å². The van der Waals surface area contributed by atoms with Crippen LogP contribution in [0.1, 0.15) is 24.7 Å². The molecule has 2 rings (SSSR count). The van der Waals surface area contributed by atoms with Gasteiger partial charge in [0.1, 0.15) is 5.76 Å². The zero-order valence-electron chi connectivity index (χ0n) is 12.1. The Hall–Kier alpha value is -1.39. The largest absolute Gasteiger partial charge is 0.468 e. The molecule has 112 valence electrons. The fourth-order valence-electron chi connectivity index (χ4n) is 1.85. The van der Waals surface area contributed by atoms with Crippen LogP contribution in [0.25, 0.3) is 0 Å². The zero-order chi connectivity index (χ0) is 15.2. The normalized spacial score (nSPS) is 12.1. The average molecular weight is 324 g/mol. The van der Waals surface area contributed by atoms with E-state index < -0.39 is 0 Å². The van der Waals surface area contributed by atoms with E-state index in [2.05, 4.69) is 5.32 Å². The molecule has 1 amide bonds. The van der Waals surface area contributed by atoms with E-state index in [0.29, 0.717) is 10.8 Å². The number of nitrogens with one attached hydrogen (secondary N) is 1. The standard InChI is InChI=1S/C16H18ClNO2S/c1-3-15(21-10-13-5-4-8-20-13)16(19)18-12-7-6-11(2)14(17)9-12/h4-9,15H,3,10H2,1-2H3,(H,18,19). The molecule has 0 aliphatic carbocycles. The minimum absolute atomic E-state index is 0.00558. The molecule has 1 unspecified atom stereocenters. The van der Waals surface area contributed by atoms with Crippen LogP contribution in [0.4, 0.5) is 5.69 Å². The lowest BCUT2D eigenvalue weighted by molar-refractivity contribution is -0.115. The number of carbonyl (C=O) groups is 1. The van der Waals surface area contributed by atoms with E-state index in [1.54, 1.807) is 24.1 Å². The number of carbonyl (C=O) groups excluding carboxylic acids is 1. The van der Waals surface area contributed by atoms with Gasteiger partial charge in [-0.25, -0.2) is 0 Å². The van der Waals surface area contributed by atoms with Gasteiger partial charge in [0, 0.05) is 10.7 Å². The molecule has 0 aliphatic heterocycles. The third kappa shape index (κ3) is 4.55. The van der Waals surface area contributed by atoms with Gasteiger partial charge in [0.05, 0.1) is 17.3 Å². The second-order valence-electron chi connectivity index (χ2n) is 4.74. The molecular formula is C16H18ClNO2S. The smallest absolute Gasteiger partial charge is 0.237 e. The molecule has 2 aromatic rings. The van der Waals surface area contributed by atoms with Crippen LogP contribution in [0.5, 0.6) is 0 Å². The molecule has 0 bridgehead atoms. The number of aryl methyl sites for hydroxylation is 1. The number of hydrogen-bond acceptors (Lipinski definition) is 3. The van der Waals surface area contributed by atoms with Gasteiger partial charge in [-0.1, -0.05) is 24.6 Å². The fraction of sp³-hybridized carbons (Fsp3) is 0.312. The first-order chi connectivity index (χ1) is 10.1. The molecule has 0 fully saturated rings. The molecule has 3 nitrogen and oxygen atoms in total. The molecule has 0 aliphatic rings. The molecule has 21 heavy (non-hydrogen) atoms. The molecule has 1 N–H and O–H groups in total. The topological polar surface area (TPSA) is 42.2 Å². The second-order valence-corrected chi connectivity index (χ2v) is 6.34. The lowest BCUT2D eigenvalue weighted by Gasteiger charge is -2.14. The highest BCUT2D eigenvalue weighted by molar-refractivity contribution is 7.99. The summed E-state index contributed by atoms with van der Waals surface area (Å²) in [5.74, 6) is 1.56. The van der Waals surface area contributed by atoms with Crippen molar-refractivity contribution in [1.82, 2.24) is 0 Å². The molecule has 1 atom stereocenters. The van der Waals surface area contributed by atoms with Gasteiger partial charge in [-0.15, -0.1) is 11.8 Å². The predicted octanol–water partition coefficient (Wildman–Crippen LogP) is 4.89.